The molecule has 0 aromatic carbocycles. The van der Waals surface area contributed by atoms with E-state index >= 15 is 0 Å². The van der Waals surface area contributed by atoms with Crippen molar-refractivity contribution in [3.63, 3.8) is 0 Å². The second kappa shape index (κ2) is 4.69. The Morgan fingerprint density at radius 2 is 2.00 bits per heavy atom. The Morgan fingerprint density at radius 1 is 1.31 bits per heavy atom. The molecule has 0 radical (unpaired) electrons. The van der Waals surface area contributed by atoms with Crippen LogP contribution >= 0.6 is 0 Å². The Hall–Kier alpha value is -0.650. The Labute approximate surface area is 96.4 Å². The minimum atomic E-state index is -0.652. The predicted octanol–water partition coefficient (Wildman–Crippen LogP) is -0.559. The van der Waals surface area contributed by atoms with Crippen molar-refractivity contribution in [2.24, 2.45) is 0 Å². The number of carboxylic acids is 1. The average molecular weight is 227 g/mol. The van der Waals surface area contributed by atoms with Crippen LogP contribution < -0.4 is 5.32 Å². The van der Waals surface area contributed by atoms with E-state index in [4.69, 9.17) is 0 Å². The van der Waals surface area contributed by atoms with Crippen LogP contribution in [0.4, 0.5) is 0 Å². The minimum Gasteiger partial charge on any atom is -0.480 e. The predicted molar refractivity (Wildman–Crippen MR) is 61.5 cm³/mol. The Balaban J connectivity index is 2.16. The highest BCUT2D eigenvalue weighted by Gasteiger charge is 2.46. The van der Waals surface area contributed by atoms with Crippen LogP contribution in [0.25, 0.3) is 0 Å². The molecule has 5 heteroatoms. The van der Waals surface area contributed by atoms with Gasteiger partial charge in [0.15, 0.2) is 0 Å². The lowest BCUT2D eigenvalue weighted by molar-refractivity contribution is -0.156. The second-order valence-electron chi connectivity index (χ2n) is 4.92. The molecule has 2 fully saturated rings. The van der Waals surface area contributed by atoms with Crippen molar-refractivity contribution in [3.8, 4) is 0 Å². The van der Waals surface area contributed by atoms with E-state index in [0.29, 0.717) is 6.54 Å². The number of nitrogens with one attached hydrogen (secondary N) is 1. The zero-order chi connectivity index (χ0) is 11.6. The summed E-state index contributed by atoms with van der Waals surface area (Å²) in [6.45, 7) is 5.17. The number of hydrogen-bond acceptors (Lipinski definition) is 4. The van der Waals surface area contributed by atoms with E-state index in [2.05, 4.69) is 15.1 Å². The van der Waals surface area contributed by atoms with E-state index in [1.54, 1.807) is 0 Å². The second-order valence-corrected chi connectivity index (χ2v) is 4.92. The summed E-state index contributed by atoms with van der Waals surface area (Å²) in [6, 6.07) is 0. The summed E-state index contributed by atoms with van der Waals surface area (Å²) >= 11 is 0. The van der Waals surface area contributed by atoms with E-state index in [1.165, 1.54) is 0 Å². The molecule has 0 saturated carbocycles. The highest BCUT2D eigenvalue weighted by atomic mass is 16.4. The number of piperazine rings is 1. The first-order valence-corrected chi connectivity index (χ1v) is 6.03. The van der Waals surface area contributed by atoms with Crippen molar-refractivity contribution < 1.29 is 9.90 Å². The van der Waals surface area contributed by atoms with Crippen LogP contribution in [0, 0.1) is 0 Å². The zero-order valence-corrected chi connectivity index (χ0v) is 9.91. The van der Waals surface area contributed by atoms with Gasteiger partial charge in [0.2, 0.25) is 0 Å². The first-order chi connectivity index (χ1) is 7.65. The van der Waals surface area contributed by atoms with Gasteiger partial charge in [-0.3, -0.25) is 9.69 Å². The molecule has 2 heterocycles. The summed E-state index contributed by atoms with van der Waals surface area (Å²) in [5, 5.41) is 12.8. The summed E-state index contributed by atoms with van der Waals surface area (Å²) in [4.78, 5) is 15.9. The number of piperidine rings is 1. The van der Waals surface area contributed by atoms with Gasteiger partial charge in [-0.05, 0) is 26.4 Å². The van der Waals surface area contributed by atoms with Crippen LogP contribution in [-0.4, -0.2) is 72.7 Å². The molecule has 1 atom stereocenters. The fourth-order valence-electron chi connectivity index (χ4n) is 2.91. The van der Waals surface area contributed by atoms with Gasteiger partial charge in [-0.25, -0.2) is 0 Å². The lowest BCUT2D eigenvalue weighted by Crippen LogP contribution is -2.66. The highest BCUT2D eigenvalue weighted by Crippen LogP contribution is 2.27. The Morgan fingerprint density at radius 3 is 2.56 bits per heavy atom. The maximum absolute atomic E-state index is 11.6. The van der Waals surface area contributed by atoms with E-state index in [1.807, 2.05) is 7.05 Å². The lowest BCUT2D eigenvalue weighted by atomic mass is 9.86. The summed E-state index contributed by atoms with van der Waals surface area (Å²) in [5.74, 6) is -0.652. The number of carboxylic acid groups (broad SMARTS) is 1. The van der Waals surface area contributed by atoms with Gasteiger partial charge >= 0.3 is 5.97 Å². The van der Waals surface area contributed by atoms with Gasteiger partial charge in [-0.1, -0.05) is 0 Å². The quantitative estimate of drug-likeness (QED) is 0.662. The van der Waals surface area contributed by atoms with Crippen LogP contribution in [0.15, 0.2) is 0 Å². The molecule has 92 valence electrons. The maximum Gasteiger partial charge on any atom is 0.325 e. The van der Waals surface area contributed by atoms with Crippen LogP contribution in [0.5, 0.6) is 0 Å². The zero-order valence-electron chi connectivity index (χ0n) is 9.91. The smallest absolute Gasteiger partial charge is 0.325 e. The van der Waals surface area contributed by atoms with Gasteiger partial charge < -0.3 is 15.3 Å². The van der Waals surface area contributed by atoms with Gasteiger partial charge in [0.05, 0.1) is 0 Å². The molecule has 2 rings (SSSR count). The third kappa shape index (κ3) is 2.07. The monoisotopic (exact) mass is 227 g/mol. The number of likely N-dealkylation sites (tertiary alicyclic amines) is 1. The van der Waals surface area contributed by atoms with Crippen molar-refractivity contribution in [1.29, 1.82) is 0 Å². The normalized spacial score (nSPS) is 33.8. The van der Waals surface area contributed by atoms with Crippen molar-refractivity contribution in [1.82, 2.24) is 15.1 Å². The number of carbonyl (C=O) groups is 1. The largest absolute Gasteiger partial charge is 0.480 e. The molecule has 2 aliphatic rings. The van der Waals surface area contributed by atoms with Gasteiger partial charge in [0.25, 0.3) is 0 Å². The van der Waals surface area contributed by atoms with E-state index in [0.717, 1.165) is 45.6 Å². The minimum absolute atomic E-state index is 0.644. The summed E-state index contributed by atoms with van der Waals surface area (Å²) < 4.78 is 0. The van der Waals surface area contributed by atoms with Gasteiger partial charge in [-0.15, -0.1) is 0 Å². The highest BCUT2D eigenvalue weighted by molar-refractivity contribution is 5.79. The Kier molecular flexibility index (Phi) is 3.47. The van der Waals surface area contributed by atoms with Crippen molar-refractivity contribution in [2.45, 2.75) is 18.4 Å². The third-order valence-corrected chi connectivity index (χ3v) is 3.78. The number of nitrogens with zero attached hydrogens (tertiary/aromatic N) is 2. The topological polar surface area (TPSA) is 55.8 Å². The van der Waals surface area contributed by atoms with Crippen LogP contribution in [0.3, 0.4) is 0 Å². The average Bonchev–Trinajstić information content (AvgIpc) is 2.30. The van der Waals surface area contributed by atoms with Gasteiger partial charge in [0.1, 0.15) is 5.54 Å². The number of rotatable bonds is 2. The standard InChI is InChI=1S/C11H21N3O2/c1-13-6-2-3-11(9-13,10(15)16)14-7-4-12-5-8-14/h12H,2-9H2,1H3,(H,15,16). The number of aliphatic carboxylic acids is 1. The van der Waals surface area contributed by atoms with E-state index in [9.17, 15) is 9.90 Å². The molecule has 0 amide bonds. The van der Waals surface area contributed by atoms with Crippen molar-refractivity contribution in [2.75, 3.05) is 46.3 Å². The number of hydrogen-bond donors (Lipinski definition) is 2. The molecule has 2 saturated heterocycles. The molecule has 2 aliphatic heterocycles. The van der Waals surface area contributed by atoms with Crippen LogP contribution in [0.1, 0.15) is 12.8 Å². The molecule has 0 aromatic heterocycles. The molecule has 5 nitrogen and oxygen atoms in total. The van der Waals surface area contributed by atoms with Crippen molar-refractivity contribution in [3.05, 3.63) is 0 Å². The number of likely N-dealkylation sites (N-methyl/N-ethyl adjacent to an activating group) is 1. The first-order valence-electron chi connectivity index (χ1n) is 6.03. The molecular formula is C11H21N3O2. The maximum atomic E-state index is 11.6. The van der Waals surface area contributed by atoms with E-state index in [-0.39, 0.29) is 0 Å². The summed E-state index contributed by atoms with van der Waals surface area (Å²) in [5.41, 5.74) is -0.644. The molecular weight excluding hydrogens is 206 g/mol. The van der Waals surface area contributed by atoms with Gasteiger partial charge in [-0.2, -0.15) is 0 Å². The summed E-state index contributed by atoms with van der Waals surface area (Å²) in [7, 11) is 2.01. The van der Waals surface area contributed by atoms with Gasteiger partial charge in [0, 0.05) is 32.7 Å². The molecule has 0 aromatic rings. The fourth-order valence-corrected chi connectivity index (χ4v) is 2.91. The Bertz CT molecular complexity index is 266. The van der Waals surface area contributed by atoms with Crippen LogP contribution in [0.2, 0.25) is 0 Å². The fraction of sp³-hybridized carbons (Fsp3) is 0.909. The van der Waals surface area contributed by atoms with E-state index < -0.39 is 11.5 Å². The molecule has 0 bridgehead atoms. The molecule has 0 aliphatic carbocycles. The van der Waals surface area contributed by atoms with Crippen molar-refractivity contribution >= 4 is 5.97 Å². The SMILES string of the molecule is CN1CCCC(C(=O)O)(N2CCNCC2)C1. The first kappa shape index (κ1) is 11.8. The molecule has 16 heavy (non-hydrogen) atoms. The molecule has 0 spiro atoms. The summed E-state index contributed by atoms with van der Waals surface area (Å²) in [6.07, 6.45) is 1.76. The molecule has 2 N–H and O–H groups in total. The molecule has 1 unspecified atom stereocenters. The third-order valence-electron chi connectivity index (χ3n) is 3.78. The lowest BCUT2D eigenvalue weighted by Gasteiger charge is -2.47. The van der Waals surface area contributed by atoms with Crippen LogP contribution in [-0.2, 0) is 4.79 Å².